The fraction of sp³-hybridized carbons (Fsp3) is 0.348. The van der Waals surface area contributed by atoms with Gasteiger partial charge in [0.15, 0.2) is 0 Å². The van der Waals surface area contributed by atoms with Gasteiger partial charge < -0.3 is 20.3 Å². The van der Waals surface area contributed by atoms with Crippen LogP contribution >= 0.6 is 0 Å². The zero-order chi connectivity index (χ0) is 21.7. The van der Waals surface area contributed by atoms with Crippen LogP contribution in [0.5, 0.6) is 5.75 Å². The third kappa shape index (κ3) is 5.17. The van der Waals surface area contributed by atoms with Crippen molar-refractivity contribution in [3.8, 4) is 5.75 Å². The predicted octanol–water partition coefficient (Wildman–Crippen LogP) is 3.53. The van der Waals surface area contributed by atoms with Gasteiger partial charge in [0.2, 0.25) is 11.8 Å². The normalized spacial score (nSPS) is 15.9. The summed E-state index contributed by atoms with van der Waals surface area (Å²) in [5.41, 5.74) is 1.73. The molecule has 0 radical (unpaired) electrons. The van der Waals surface area contributed by atoms with Crippen molar-refractivity contribution in [3.05, 3.63) is 54.1 Å². The van der Waals surface area contributed by atoms with Gasteiger partial charge in [-0.05, 0) is 69.3 Å². The van der Waals surface area contributed by atoms with Crippen molar-refractivity contribution in [2.45, 2.75) is 33.2 Å². The number of carbonyl (C=O) groups is 3. The minimum Gasteiger partial charge on any atom is -0.494 e. The number of carbonyl (C=O) groups excluding carboxylic acids is 3. The van der Waals surface area contributed by atoms with Crippen LogP contribution < -0.4 is 15.4 Å². The smallest absolute Gasteiger partial charge is 0.255 e. The number of ether oxygens (including phenoxy) is 1. The zero-order valence-electron chi connectivity index (χ0n) is 17.5. The van der Waals surface area contributed by atoms with Crippen molar-refractivity contribution in [1.29, 1.82) is 0 Å². The lowest BCUT2D eigenvalue weighted by molar-refractivity contribution is -0.129. The molecule has 7 heteroatoms. The molecule has 2 aromatic rings. The Morgan fingerprint density at radius 3 is 2.20 bits per heavy atom. The quantitative estimate of drug-likeness (QED) is 0.732. The van der Waals surface area contributed by atoms with Gasteiger partial charge in [-0.2, -0.15) is 0 Å². The number of nitrogens with zero attached hydrogens (tertiary/aromatic N) is 1. The van der Waals surface area contributed by atoms with Crippen LogP contribution in [0.3, 0.4) is 0 Å². The minimum absolute atomic E-state index is 0.00598. The highest BCUT2D eigenvalue weighted by molar-refractivity contribution is 6.05. The molecule has 0 bridgehead atoms. The Kier molecular flexibility index (Phi) is 6.72. The van der Waals surface area contributed by atoms with E-state index in [0.717, 1.165) is 5.75 Å². The van der Waals surface area contributed by atoms with E-state index in [1.165, 1.54) is 0 Å². The summed E-state index contributed by atoms with van der Waals surface area (Å²) in [6.07, 6.45) is 0.229. The molecule has 1 aliphatic heterocycles. The number of likely N-dealkylation sites (tertiary alicyclic amines) is 1. The summed E-state index contributed by atoms with van der Waals surface area (Å²) in [5.74, 6) is -0.0332. The number of amides is 3. The van der Waals surface area contributed by atoms with Crippen LogP contribution in [-0.2, 0) is 9.59 Å². The molecule has 1 fully saturated rings. The first-order valence-electron chi connectivity index (χ1n) is 10.1. The highest BCUT2D eigenvalue weighted by Crippen LogP contribution is 2.22. The maximum atomic E-state index is 12.5. The van der Waals surface area contributed by atoms with Gasteiger partial charge >= 0.3 is 0 Å². The molecular formula is C23H27N3O4. The summed E-state index contributed by atoms with van der Waals surface area (Å²) in [7, 11) is 0. The maximum absolute atomic E-state index is 12.5. The lowest BCUT2D eigenvalue weighted by atomic mass is 10.1. The summed E-state index contributed by atoms with van der Waals surface area (Å²) in [5, 5.41) is 5.66. The summed E-state index contributed by atoms with van der Waals surface area (Å²) in [6.45, 7) is 6.81. The molecule has 30 heavy (non-hydrogen) atoms. The van der Waals surface area contributed by atoms with Crippen LogP contribution in [0, 0.1) is 5.92 Å². The minimum atomic E-state index is -0.359. The van der Waals surface area contributed by atoms with E-state index in [2.05, 4.69) is 10.6 Å². The van der Waals surface area contributed by atoms with E-state index in [9.17, 15) is 14.4 Å². The van der Waals surface area contributed by atoms with Crippen molar-refractivity contribution >= 4 is 29.1 Å². The first-order chi connectivity index (χ1) is 14.4. The van der Waals surface area contributed by atoms with Crippen LogP contribution in [0.15, 0.2) is 48.5 Å². The second-order valence-corrected chi connectivity index (χ2v) is 7.52. The molecule has 1 aliphatic rings. The second kappa shape index (κ2) is 9.43. The Morgan fingerprint density at radius 1 is 1.03 bits per heavy atom. The fourth-order valence-electron chi connectivity index (χ4n) is 3.36. The van der Waals surface area contributed by atoms with Gasteiger partial charge in [0.05, 0.1) is 12.5 Å². The second-order valence-electron chi connectivity index (χ2n) is 7.52. The monoisotopic (exact) mass is 409 g/mol. The van der Waals surface area contributed by atoms with Gasteiger partial charge in [0, 0.05) is 35.9 Å². The Morgan fingerprint density at radius 2 is 1.63 bits per heavy atom. The Hall–Kier alpha value is -3.35. The molecule has 3 rings (SSSR count). The third-order valence-corrected chi connectivity index (χ3v) is 4.99. The van der Waals surface area contributed by atoms with Crippen LogP contribution in [0.2, 0.25) is 0 Å². The summed E-state index contributed by atoms with van der Waals surface area (Å²) in [6, 6.07) is 13.9. The van der Waals surface area contributed by atoms with Crippen molar-refractivity contribution < 1.29 is 19.1 Å². The van der Waals surface area contributed by atoms with Crippen molar-refractivity contribution in [2.24, 2.45) is 5.92 Å². The van der Waals surface area contributed by atoms with E-state index in [0.29, 0.717) is 30.1 Å². The molecular weight excluding hydrogens is 382 g/mol. The van der Waals surface area contributed by atoms with E-state index in [1.54, 1.807) is 53.4 Å². The van der Waals surface area contributed by atoms with Crippen LogP contribution in [0.4, 0.5) is 11.4 Å². The first kappa shape index (κ1) is 21.4. The summed E-state index contributed by atoms with van der Waals surface area (Å²) in [4.78, 5) is 38.6. The van der Waals surface area contributed by atoms with E-state index < -0.39 is 0 Å². The molecule has 1 unspecified atom stereocenters. The Labute approximate surface area is 176 Å². The van der Waals surface area contributed by atoms with E-state index in [1.807, 2.05) is 20.8 Å². The van der Waals surface area contributed by atoms with Gasteiger partial charge in [-0.3, -0.25) is 14.4 Å². The number of hydrogen-bond donors (Lipinski definition) is 2. The molecule has 0 aromatic heterocycles. The first-order valence-corrected chi connectivity index (χ1v) is 10.1. The number of hydrogen-bond acceptors (Lipinski definition) is 4. The van der Waals surface area contributed by atoms with Crippen molar-refractivity contribution in [1.82, 2.24) is 4.90 Å². The number of nitrogens with one attached hydrogen (secondary N) is 2. The molecule has 1 heterocycles. The zero-order valence-corrected chi connectivity index (χ0v) is 17.5. The largest absolute Gasteiger partial charge is 0.494 e. The highest BCUT2D eigenvalue weighted by Gasteiger charge is 2.35. The van der Waals surface area contributed by atoms with Crippen molar-refractivity contribution in [2.75, 3.05) is 23.8 Å². The Balaban J connectivity index is 1.56. The van der Waals surface area contributed by atoms with Gasteiger partial charge in [-0.15, -0.1) is 0 Å². The molecule has 158 valence electrons. The molecule has 2 N–H and O–H groups in total. The molecule has 2 aromatic carbocycles. The molecule has 0 saturated carbocycles. The predicted molar refractivity (Wildman–Crippen MR) is 116 cm³/mol. The summed E-state index contributed by atoms with van der Waals surface area (Å²) < 4.78 is 5.39. The van der Waals surface area contributed by atoms with E-state index >= 15 is 0 Å². The average molecular weight is 409 g/mol. The van der Waals surface area contributed by atoms with Gasteiger partial charge in [-0.25, -0.2) is 0 Å². The van der Waals surface area contributed by atoms with Crippen LogP contribution in [0.1, 0.15) is 37.6 Å². The maximum Gasteiger partial charge on any atom is 0.255 e. The molecule has 1 atom stereocenters. The van der Waals surface area contributed by atoms with Gasteiger partial charge in [0.25, 0.3) is 5.91 Å². The number of rotatable bonds is 7. The Bertz CT molecular complexity index is 907. The molecule has 0 aliphatic carbocycles. The van der Waals surface area contributed by atoms with Crippen LogP contribution in [-0.4, -0.2) is 41.8 Å². The molecule has 0 spiro atoms. The van der Waals surface area contributed by atoms with Crippen molar-refractivity contribution in [3.63, 3.8) is 0 Å². The van der Waals surface area contributed by atoms with E-state index in [-0.39, 0.29) is 36.1 Å². The summed E-state index contributed by atoms with van der Waals surface area (Å²) >= 11 is 0. The molecule has 7 nitrogen and oxygen atoms in total. The van der Waals surface area contributed by atoms with Gasteiger partial charge in [-0.1, -0.05) is 0 Å². The van der Waals surface area contributed by atoms with E-state index in [4.69, 9.17) is 4.74 Å². The fourth-order valence-corrected chi connectivity index (χ4v) is 3.36. The molecule has 1 saturated heterocycles. The third-order valence-electron chi connectivity index (χ3n) is 4.99. The van der Waals surface area contributed by atoms with Gasteiger partial charge in [0.1, 0.15) is 5.75 Å². The lowest BCUT2D eigenvalue weighted by Crippen LogP contribution is -2.33. The number of benzene rings is 2. The van der Waals surface area contributed by atoms with Crippen LogP contribution in [0.25, 0.3) is 0 Å². The SMILES string of the molecule is CCOc1ccc(NC(=O)c2ccc(NC(=O)C3CC(=O)N(C(C)C)C3)cc2)cc1. The standard InChI is InChI=1S/C23H27N3O4/c1-4-30-20-11-9-19(10-12-20)24-22(28)16-5-7-18(8-6-16)25-23(29)17-13-21(27)26(14-17)15(2)3/h5-12,15,17H,4,13-14H2,1-3H3,(H,24,28)(H,25,29). The lowest BCUT2D eigenvalue weighted by Gasteiger charge is -2.20. The molecule has 3 amide bonds. The average Bonchev–Trinajstić information content (AvgIpc) is 3.12. The number of anilines is 2. The highest BCUT2D eigenvalue weighted by atomic mass is 16.5. The topological polar surface area (TPSA) is 87.7 Å².